The smallest absolute Gasteiger partial charge is 0.406 e. The van der Waals surface area contributed by atoms with E-state index in [0.29, 0.717) is 11.0 Å². The molecule has 5 rings (SSSR count). The molecule has 178 valence electrons. The summed E-state index contributed by atoms with van der Waals surface area (Å²) < 4.78 is 57.2. The first-order valence-electron chi connectivity index (χ1n) is 10.2. The average molecular weight is 520 g/mol. The van der Waals surface area contributed by atoms with Crippen LogP contribution in [0.15, 0.2) is 76.7 Å². The van der Waals surface area contributed by atoms with Gasteiger partial charge < -0.3 is 9.72 Å². The molecular weight excluding hydrogens is 506 g/mol. The first-order chi connectivity index (χ1) is 16.7. The molecule has 0 fully saturated rings. The van der Waals surface area contributed by atoms with Gasteiger partial charge in [0.2, 0.25) is 0 Å². The number of halogens is 5. The van der Waals surface area contributed by atoms with E-state index in [-0.39, 0.29) is 32.7 Å². The molecule has 0 radical (unpaired) electrons. The van der Waals surface area contributed by atoms with Crippen LogP contribution in [0.2, 0.25) is 5.02 Å². The summed E-state index contributed by atoms with van der Waals surface area (Å²) in [5, 5.41) is 1.18. The average Bonchev–Trinajstić information content (AvgIpc) is 3.18. The number of aromatic nitrogens is 3. The highest BCUT2D eigenvalue weighted by Gasteiger charge is 2.31. The van der Waals surface area contributed by atoms with Crippen molar-refractivity contribution in [2.45, 2.75) is 17.3 Å². The van der Waals surface area contributed by atoms with Crippen molar-refractivity contribution in [3.8, 4) is 11.4 Å². The second kappa shape index (κ2) is 8.94. The van der Waals surface area contributed by atoms with Gasteiger partial charge in [-0.15, -0.1) is 13.2 Å². The van der Waals surface area contributed by atoms with Gasteiger partial charge in [0.05, 0.1) is 5.69 Å². The minimum absolute atomic E-state index is 0.0705. The Balaban J connectivity index is 1.65. The zero-order valence-electron chi connectivity index (χ0n) is 17.6. The monoisotopic (exact) mass is 519 g/mol. The summed E-state index contributed by atoms with van der Waals surface area (Å²) in [5.74, 6) is -0.858. The quantitative estimate of drug-likeness (QED) is 0.157. The SMILES string of the molecule is O=c1c2[nH]c3ccccc3c2nc(SCc2c(F)cccc2Cl)n1-c1ccc(OC(F)(F)F)cc1. The van der Waals surface area contributed by atoms with Crippen molar-refractivity contribution in [1.29, 1.82) is 0 Å². The summed E-state index contributed by atoms with van der Waals surface area (Å²) in [7, 11) is 0. The van der Waals surface area contributed by atoms with E-state index in [1.165, 1.54) is 28.8 Å². The summed E-state index contributed by atoms with van der Waals surface area (Å²) >= 11 is 7.24. The van der Waals surface area contributed by atoms with E-state index in [4.69, 9.17) is 11.6 Å². The molecule has 5 nitrogen and oxygen atoms in total. The van der Waals surface area contributed by atoms with Gasteiger partial charge in [-0.05, 0) is 42.5 Å². The number of fused-ring (bicyclic) bond motifs is 3. The minimum Gasteiger partial charge on any atom is -0.406 e. The Kier molecular flexibility index (Phi) is 5.94. The molecule has 5 aromatic rings. The number of nitrogens with one attached hydrogen (secondary N) is 1. The van der Waals surface area contributed by atoms with Gasteiger partial charge in [0.25, 0.3) is 5.56 Å². The lowest BCUT2D eigenvalue weighted by Crippen LogP contribution is -2.22. The van der Waals surface area contributed by atoms with Crippen molar-refractivity contribution < 1.29 is 22.3 Å². The van der Waals surface area contributed by atoms with Gasteiger partial charge in [0.1, 0.15) is 22.6 Å². The number of rotatable bonds is 5. The maximum Gasteiger partial charge on any atom is 0.573 e. The topological polar surface area (TPSA) is 59.9 Å². The molecule has 0 atom stereocenters. The van der Waals surface area contributed by atoms with Crippen molar-refractivity contribution in [3.05, 3.63) is 93.5 Å². The summed E-state index contributed by atoms with van der Waals surface area (Å²) in [5.41, 5.74) is 1.41. The number of hydrogen-bond acceptors (Lipinski definition) is 4. The van der Waals surface area contributed by atoms with Gasteiger partial charge in [-0.1, -0.05) is 47.6 Å². The summed E-state index contributed by atoms with van der Waals surface area (Å²) in [6.07, 6.45) is -4.84. The number of para-hydroxylation sites is 1. The Morgan fingerprint density at radius 2 is 1.77 bits per heavy atom. The predicted octanol–water partition coefficient (Wildman–Crippen LogP) is 6.85. The Bertz CT molecular complexity index is 1590. The van der Waals surface area contributed by atoms with Crippen LogP contribution >= 0.6 is 23.4 Å². The van der Waals surface area contributed by atoms with E-state index >= 15 is 0 Å². The fourth-order valence-corrected chi connectivity index (χ4v) is 5.02. The molecule has 0 unspecified atom stereocenters. The van der Waals surface area contributed by atoms with Crippen LogP contribution in [-0.2, 0) is 5.75 Å². The molecule has 35 heavy (non-hydrogen) atoms. The molecule has 0 saturated carbocycles. The number of ether oxygens (including phenoxy) is 1. The number of nitrogens with zero attached hydrogens (tertiary/aromatic N) is 2. The first-order valence-corrected chi connectivity index (χ1v) is 11.5. The molecule has 2 aromatic heterocycles. The summed E-state index contributed by atoms with van der Waals surface area (Å²) in [6.45, 7) is 0. The van der Waals surface area contributed by atoms with E-state index in [0.717, 1.165) is 29.3 Å². The lowest BCUT2D eigenvalue weighted by molar-refractivity contribution is -0.274. The van der Waals surface area contributed by atoms with E-state index in [2.05, 4.69) is 14.7 Å². The van der Waals surface area contributed by atoms with Crippen molar-refractivity contribution >= 4 is 45.3 Å². The van der Waals surface area contributed by atoms with Crippen LogP contribution in [0.25, 0.3) is 27.6 Å². The van der Waals surface area contributed by atoms with Crippen molar-refractivity contribution in [2.75, 3.05) is 0 Å². The van der Waals surface area contributed by atoms with Gasteiger partial charge >= 0.3 is 6.36 Å². The minimum atomic E-state index is -4.84. The van der Waals surface area contributed by atoms with Crippen molar-refractivity contribution in [3.63, 3.8) is 0 Å². The molecule has 0 amide bonds. The van der Waals surface area contributed by atoms with Crippen molar-refractivity contribution in [1.82, 2.24) is 14.5 Å². The zero-order valence-corrected chi connectivity index (χ0v) is 19.1. The van der Waals surface area contributed by atoms with Crippen molar-refractivity contribution in [2.24, 2.45) is 0 Å². The van der Waals surface area contributed by atoms with Gasteiger partial charge in [0.15, 0.2) is 5.16 Å². The molecular formula is C24H14ClF4N3O2S. The summed E-state index contributed by atoms with van der Waals surface area (Å²) in [4.78, 5) is 21.3. The van der Waals surface area contributed by atoms with E-state index in [1.54, 1.807) is 12.1 Å². The molecule has 11 heteroatoms. The first kappa shape index (κ1) is 23.3. The molecule has 0 bridgehead atoms. The lowest BCUT2D eigenvalue weighted by atomic mass is 10.2. The molecule has 1 N–H and O–H groups in total. The maximum absolute atomic E-state index is 14.3. The van der Waals surface area contributed by atoms with Gasteiger partial charge in [-0.2, -0.15) is 0 Å². The normalized spacial score (nSPS) is 11.9. The third-order valence-electron chi connectivity index (χ3n) is 5.23. The largest absolute Gasteiger partial charge is 0.573 e. The second-order valence-electron chi connectivity index (χ2n) is 7.46. The fourth-order valence-electron chi connectivity index (χ4n) is 3.67. The Labute approximate surface area is 204 Å². The van der Waals surface area contributed by atoms with Crippen LogP contribution in [-0.4, -0.2) is 20.9 Å². The third-order valence-corrected chi connectivity index (χ3v) is 6.55. The third kappa shape index (κ3) is 4.59. The Morgan fingerprint density at radius 3 is 2.49 bits per heavy atom. The number of H-pyrrole nitrogens is 1. The molecule has 0 aliphatic carbocycles. The standard InChI is InChI=1S/C24H14ClF4N3O2S/c25-17-5-3-6-18(26)16(17)12-35-23-31-20-15-4-1-2-7-19(15)30-21(20)22(33)32(23)13-8-10-14(11-9-13)34-24(27,28)29/h1-11,30H,12H2. The number of hydrogen-bond donors (Lipinski definition) is 1. The van der Waals surface area contributed by atoms with Crippen LogP contribution in [0, 0.1) is 5.82 Å². The molecule has 0 aliphatic rings. The number of alkyl halides is 3. The molecule has 3 aromatic carbocycles. The van der Waals surface area contributed by atoms with Crippen LogP contribution in [0.5, 0.6) is 5.75 Å². The van der Waals surface area contributed by atoms with Crippen LogP contribution < -0.4 is 10.3 Å². The maximum atomic E-state index is 14.3. The highest BCUT2D eigenvalue weighted by Crippen LogP contribution is 2.31. The highest BCUT2D eigenvalue weighted by molar-refractivity contribution is 7.98. The second-order valence-corrected chi connectivity index (χ2v) is 8.81. The predicted molar refractivity (Wildman–Crippen MR) is 127 cm³/mol. The number of benzene rings is 3. The van der Waals surface area contributed by atoms with E-state index in [1.807, 2.05) is 18.2 Å². The Morgan fingerprint density at radius 1 is 1.03 bits per heavy atom. The van der Waals surface area contributed by atoms with Gasteiger partial charge in [0, 0.05) is 27.2 Å². The van der Waals surface area contributed by atoms with E-state index < -0.39 is 23.5 Å². The number of thioether (sulfide) groups is 1. The van der Waals surface area contributed by atoms with Crippen LogP contribution in [0.1, 0.15) is 5.56 Å². The van der Waals surface area contributed by atoms with Crippen LogP contribution in [0.4, 0.5) is 17.6 Å². The highest BCUT2D eigenvalue weighted by atomic mass is 35.5. The lowest BCUT2D eigenvalue weighted by Gasteiger charge is -2.14. The fraction of sp³-hybridized carbons (Fsp3) is 0.0833. The zero-order chi connectivity index (χ0) is 24.7. The van der Waals surface area contributed by atoms with E-state index in [9.17, 15) is 22.4 Å². The van der Waals surface area contributed by atoms with Crippen LogP contribution in [0.3, 0.4) is 0 Å². The molecule has 0 aliphatic heterocycles. The van der Waals surface area contributed by atoms with Gasteiger partial charge in [-0.3, -0.25) is 9.36 Å². The number of aromatic amines is 1. The Hall–Kier alpha value is -3.50. The molecule has 0 spiro atoms. The van der Waals surface area contributed by atoms with Gasteiger partial charge in [-0.25, -0.2) is 9.37 Å². The molecule has 0 saturated heterocycles. The summed E-state index contributed by atoms with van der Waals surface area (Å²) in [6, 6.07) is 16.4. The molecule has 2 heterocycles.